The molecule has 0 saturated carbocycles. The standard InChI is InChI=1S/C17H18ClNO3S/c1-4-14-10(2)9-15(23-14)17(21)22-11(3)16(20)19-13-8-6-5-7-12(13)18/h5-9,11H,4H2,1-3H3,(H,19,20)/t11-/m1/s1. The van der Waals surface area contributed by atoms with Crippen LogP contribution in [0, 0.1) is 6.92 Å². The largest absolute Gasteiger partial charge is 0.448 e. The molecule has 0 fully saturated rings. The Morgan fingerprint density at radius 3 is 2.65 bits per heavy atom. The van der Waals surface area contributed by atoms with Gasteiger partial charge < -0.3 is 10.1 Å². The van der Waals surface area contributed by atoms with Crippen LogP contribution in [-0.2, 0) is 16.0 Å². The number of anilines is 1. The quantitative estimate of drug-likeness (QED) is 0.809. The lowest BCUT2D eigenvalue weighted by Crippen LogP contribution is -2.29. The predicted molar refractivity (Wildman–Crippen MR) is 93.4 cm³/mol. The van der Waals surface area contributed by atoms with E-state index in [1.807, 2.05) is 13.8 Å². The minimum absolute atomic E-state index is 0.421. The fourth-order valence-corrected chi connectivity index (χ4v) is 3.22. The lowest BCUT2D eigenvalue weighted by atomic mass is 10.2. The molecule has 0 radical (unpaired) electrons. The van der Waals surface area contributed by atoms with Crippen molar-refractivity contribution in [1.29, 1.82) is 0 Å². The molecule has 0 spiro atoms. The zero-order chi connectivity index (χ0) is 17.0. The normalized spacial score (nSPS) is 11.8. The first-order chi connectivity index (χ1) is 10.9. The van der Waals surface area contributed by atoms with Gasteiger partial charge in [-0.25, -0.2) is 4.79 Å². The minimum Gasteiger partial charge on any atom is -0.448 e. The number of aryl methyl sites for hydroxylation is 2. The third kappa shape index (κ3) is 4.33. The second-order valence-corrected chi connectivity index (χ2v) is 6.63. The van der Waals surface area contributed by atoms with Crippen molar-refractivity contribution >= 4 is 40.5 Å². The number of para-hydroxylation sites is 1. The van der Waals surface area contributed by atoms with E-state index < -0.39 is 18.0 Å². The molecule has 122 valence electrons. The van der Waals surface area contributed by atoms with Gasteiger partial charge in [-0.15, -0.1) is 11.3 Å². The fraction of sp³-hybridized carbons (Fsp3) is 0.294. The first-order valence-electron chi connectivity index (χ1n) is 7.28. The molecular formula is C17H18ClNO3S. The summed E-state index contributed by atoms with van der Waals surface area (Å²) in [7, 11) is 0. The molecule has 0 bridgehead atoms. The van der Waals surface area contributed by atoms with Crippen LogP contribution in [0.1, 0.15) is 34.0 Å². The highest BCUT2D eigenvalue weighted by Crippen LogP contribution is 2.24. The summed E-state index contributed by atoms with van der Waals surface area (Å²) in [6.45, 7) is 5.53. The van der Waals surface area contributed by atoms with Gasteiger partial charge in [0, 0.05) is 4.88 Å². The number of thiophene rings is 1. The summed E-state index contributed by atoms with van der Waals surface area (Å²) < 4.78 is 5.24. The lowest BCUT2D eigenvalue weighted by molar-refractivity contribution is -0.123. The number of amides is 1. The Bertz CT molecular complexity index is 726. The first kappa shape index (κ1) is 17.5. The number of ether oxygens (including phenoxy) is 1. The summed E-state index contributed by atoms with van der Waals surface area (Å²) in [5.41, 5.74) is 1.56. The van der Waals surface area contributed by atoms with Crippen LogP contribution in [0.3, 0.4) is 0 Å². The van der Waals surface area contributed by atoms with Crippen molar-refractivity contribution in [2.75, 3.05) is 5.32 Å². The summed E-state index contributed by atoms with van der Waals surface area (Å²) in [6.07, 6.45) is -0.0435. The van der Waals surface area contributed by atoms with E-state index in [1.54, 1.807) is 30.3 Å². The first-order valence-corrected chi connectivity index (χ1v) is 8.47. The second kappa shape index (κ2) is 7.62. The van der Waals surface area contributed by atoms with Crippen molar-refractivity contribution in [2.45, 2.75) is 33.3 Å². The summed E-state index contributed by atoms with van der Waals surface area (Å²) in [6, 6.07) is 8.69. The highest BCUT2D eigenvalue weighted by molar-refractivity contribution is 7.14. The van der Waals surface area contributed by atoms with Gasteiger partial charge in [0.25, 0.3) is 5.91 Å². The zero-order valence-electron chi connectivity index (χ0n) is 13.2. The zero-order valence-corrected chi connectivity index (χ0v) is 14.8. The van der Waals surface area contributed by atoms with Crippen LogP contribution in [0.4, 0.5) is 5.69 Å². The number of benzene rings is 1. The third-order valence-electron chi connectivity index (χ3n) is 3.33. The lowest BCUT2D eigenvalue weighted by Gasteiger charge is -2.13. The van der Waals surface area contributed by atoms with Crippen LogP contribution >= 0.6 is 22.9 Å². The van der Waals surface area contributed by atoms with Crippen LogP contribution in [0.25, 0.3) is 0 Å². The van der Waals surface area contributed by atoms with E-state index in [4.69, 9.17) is 16.3 Å². The number of esters is 1. The maximum Gasteiger partial charge on any atom is 0.349 e. The topological polar surface area (TPSA) is 55.4 Å². The Morgan fingerprint density at radius 1 is 1.35 bits per heavy atom. The van der Waals surface area contributed by atoms with Crippen molar-refractivity contribution in [3.8, 4) is 0 Å². The van der Waals surface area contributed by atoms with Crippen molar-refractivity contribution < 1.29 is 14.3 Å². The second-order valence-electron chi connectivity index (χ2n) is 5.09. The van der Waals surface area contributed by atoms with Gasteiger partial charge in [-0.05, 0) is 44.0 Å². The van der Waals surface area contributed by atoms with E-state index in [0.717, 1.165) is 16.9 Å². The van der Waals surface area contributed by atoms with Crippen LogP contribution in [-0.4, -0.2) is 18.0 Å². The van der Waals surface area contributed by atoms with E-state index >= 15 is 0 Å². The van der Waals surface area contributed by atoms with Crippen molar-refractivity contribution in [3.05, 3.63) is 50.7 Å². The molecule has 0 aliphatic carbocycles. The highest BCUT2D eigenvalue weighted by atomic mass is 35.5. The van der Waals surface area contributed by atoms with Gasteiger partial charge in [0.1, 0.15) is 4.88 Å². The smallest absolute Gasteiger partial charge is 0.349 e. The van der Waals surface area contributed by atoms with Crippen molar-refractivity contribution in [2.24, 2.45) is 0 Å². The van der Waals surface area contributed by atoms with E-state index in [-0.39, 0.29) is 0 Å². The van der Waals surface area contributed by atoms with Gasteiger partial charge in [-0.2, -0.15) is 0 Å². The average Bonchev–Trinajstić information content (AvgIpc) is 2.90. The van der Waals surface area contributed by atoms with Crippen LogP contribution < -0.4 is 5.32 Å². The number of rotatable bonds is 5. The van der Waals surface area contributed by atoms with Gasteiger partial charge >= 0.3 is 5.97 Å². The molecule has 4 nitrogen and oxygen atoms in total. The van der Waals surface area contributed by atoms with Crippen LogP contribution in [0.2, 0.25) is 5.02 Å². The Labute approximate surface area is 144 Å². The Hall–Kier alpha value is -1.85. The van der Waals surface area contributed by atoms with E-state index in [0.29, 0.717) is 15.6 Å². The third-order valence-corrected chi connectivity index (χ3v) is 5.02. The maximum absolute atomic E-state index is 12.1. The molecule has 2 rings (SSSR count). The average molecular weight is 352 g/mol. The van der Waals surface area contributed by atoms with Crippen molar-refractivity contribution in [3.63, 3.8) is 0 Å². The van der Waals surface area contributed by atoms with Crippen molar-refractivity contribution in [1.82, 2.24) is 0 Å². The van der Waals surface area contributed by atoms with E-state index in [1.165, 1.54) is 18.3 Å². The SMILES string of the molecule is CCc1sc(C(=O)O[C@H](C)C(=O)Nc2ccccc2Cl)cc1C. The molecule has 1 heterocycles. The molecule has 1 atom stereocenters. The fourth-order valence-electron chi connectivity index (χ4n) is 2.04. The van der Waals surface area contributed by atoms with Gasteiger partial charge in [0.15, 0.2) is 6.10 Å². The summed E-state index contributed by atoms with van der Waals surface area (Å²) in [4.78, 5) is 25.9. The number of carbonyl (C=O) groups is 2. The molecule has 1 amide bonds. The number of hydrogen-bond acceptors (Lipinski definition) is 4. The van der Waals surface area contributed by atoms with Crippen LogP contribution in [0.5, 0.6) is 0 Å². The Balaban J connectivity index is 2.00. The van der Waals surface area contributed by atoms with Gasteiger partial charge in [0.05, 0.1) is 10.7 Å². The van der Waals surface area contributed by atoms with Gasteiger partial charge in [-0.3, -0.25) is 4.79 Å². The predicted octanol–water partition coefficient (Wildman–Crippen LogP) is 4.46. The number of nitrogens with one attached hydrogen (secondary N) is 1. The molecule has 0 aliphatic rings. The summed E-state index contributed by atoms with van der Waals surface area (Å²) in [5, 5.41) is 3.08. The Morgan fingerprint density at radius 2 is 2.04 bits per heavy atom. The van der Waals surface area contributed by atoms with Gasteiger partial charge in [0.2, 0.25) is 0 Å². The molecular weight excluding hydrogens is 334 g/mol. The molecule has 1 aromatic heterocycles. The Kier molecular flexibility index (Phi) is 5.80. The van der Waals surface area contributed by atoms with Gasteiger partial charge in [-0.1, -0.05) is 30.7 Å². The molecule has 0 aliphatic heterocycles. The highest BCUT2D eigenvalue weighted by Gasteiger charge is 2.21. The van der Waals surface area contributed by atoms with Crippen LogP contribution in [0.15, 0.2) is 30.3 Å². The minimum atomic E-state index is -0.911. The summed E-state index contributed by atoms with van der Waals surface area (Å²) >= 11 is 7.39. The molecule has 23 heavy (non-hydrogen) atoms. The molecule has 0 unspecified atom stereocenters. The number of hydrogen-bond donors (Lipinski definition) is 1. The summed E-state index contributed by atoms with van der Waals surface area (Å²) in [5.74, 6) is -0.907. The number of carbonyl (C=O) groups excluding carboxylic acids is 2. The molecule has 2 aromatic rings. The molecule has 0 saturated heterocycles. The molecule has 6 heteroatoms. The maximum atomic E-state index is 12.1. The molecule has 1 aromatic carbocycles. The monoisotopic (exact) mass is 351 g/mol. The van der Waals surface area contributed by atoms with E-state index in [2.05, 4.69) is 5.32 Å². The number of halogens is 1. The van der Waals surface area contributed by atoms with E-state index in [9.17, 15) is 9.59 Å². The molecule has 1 N–H and O–H groups in total.